The summed E-state index contributed by atoms with van der Waals surface area (Å²) in [6.45, 7) is 13.4. The fraction of sp³-hybridized carbons (Fsp3) is 0.641. The highest BCUT2D eigenvalue weighted by molar-refractivity contribution is 5.14. The van der Waals surface area contributed by atoms with Gasteiger partial charge in [0.05, 0.1) is 43.7 Å². The first-order valence-corrected chi connectivity index (χ1v) is 17.5. The Hall–Kier alpha value is -2.89. The van der Waals surface area contributed by atoms with Crippen molar-refractivity contribution in [1.29, 1.82) is 0 Å². The lowest BCUT2D eigenvalue weighted by atomic mass is 9.88. The number of hydrogen-bond donors (Lipinski definition) is 1. The molecule has 0 spiro atoms. The van der Waals surface area contributed by atoms with Gasteiger partial charge in [0.1, 0.15) is 6.10 Å². The number of azide groups is 1. The quantitative estimate of drug-likeness (QED) is 0.0668. The largest absolute Gasteiger partial charge is 0.380 e. The van der Waals surface area contributed by atoms with E-state index in [9.17, 15) is 5.11 Å². The smallest absolute Gasteiger partial charge is 0.163 e. The molecule has 1 aliphatic rings. The van der Waals surface area contributed by atoms with Crippen LogP contribution in [0.5, 0.6) is 0 Å². The minimum absolute atomic E-state index is 0.0133. The molecule has 2 aromatic carbocycles. The summed E-state index contributed by atoms with van der Waals surface area (Å²) in [6.07, 6.45) is 5.53. The molecule has 1 unspecified atom stereocenters. The molecule has 0 amide bonds. The summed E-state index contributed by atoms with van der Waals surface area (Å²) in [4.78, 5) is 3.03. The molecule has 8 heteroatoms. The number of hydrogen-bond acceptors (Lipinski definition) is 6. The van der Waals surface area contributed by atoms with Crippen molar-refractivity contribution in [3.8, 4) is 11.8 Å². The van der Waals surface area contributed by atoms with Gasteiger partial charge < -0.3 is 24.1 Å². The molecule has 1 N–H and O–H groups in total. The fourth-order valence-electron chi connectivity index (χ4n) is 6.23. The zero-order valence-corrected chi connectivity index (χ0v) is 29.4. The van der Waals surface area contributed by atoms with Crippen molar-refractivity contribution in [1.82, 2.24) is 0 Å². The first kappa shape index (κ1) is 38.6. The van der Waals surface area contributed by atoms with Gasteiger partial charge in [-0.3, -0.25) is 0 Å². The van der Waals surface area contributed by atoms with Gasteiger partial charge >= 0.3 is 0 Å². The zero-order valence-electron chi connectivity index (χ0n) is 29.4. The monoisotopic (exact) mass is 647 g/mol. The Morgan fingerprint density at radius 2 is 1.57 bits per heavy atom. The van der Waals surface area contributed by atoms with Crippen LogP contribution in [0.3, 0.4) is 0 Å². The summed E-state index contributed by atoms with van der Waals surface area (Å²) >= 11 is 0. The van der Waals surface area contributed by atoms with E-state index >= 15 is 0 Å². The van der Waals surface area contributed by atoms with Gasteiger partial charge in [-0.1, -0.05) is 112 Å². The van der Waals surface area contributed by atoms with E-state index in [0.717, 1.165) is 24.0 Å². The maximum atomic E-state index is 10.8. The van der Waals surface area contributed by atoms with Crippen molar-refractivity contribution >= 4 is 0 Å². The van der Waals surface area contributed by atoms with Gasteiger partial charge in [-0.25, -0.2) is 0 Å². The fourth-order valence-corrected chi connectivity index (χ4v) is 6.23. The van der Waals surface area contributed by atoms with E-state index in [0.29, 0.717) is 44.8 Å². The number of aliphatic hydroxyl groups is 1. The van der Waals surface area contributed by atoms with Gasteiger partial charge in [0.2, 0.25) is 0 Å². The summed E-state index contributed by atoms with van der Waals surface area (Å²) in [7, 11) is 0. The Morgan fingerprint density at radius 3 is 2.19 bits per heavy atom. The summed E-state index contributed by atoms with van der Waals surface area (Å²) in [6, 6.07) is 19.7. The lowest BCUT2D eigenvalue weighted by Crippen LogP contribution is -2.31. The standard InChI is InChI=1S/C39H57N3O5/c1-7-8-17-30(3)38-37(46-39(5,6)47-38)25-29(2)24-34(43)22-15-16-23-35(44-27-32-18-11-9-12-19-32)26-36(31(4)41-42-40)45-28-33-20-13-10-14-21-33/h9-14,18-21,29-31,34-38,43H,7-8,16-17,23-28H2,1-6H3/t29-,30+,31-,34?,35+,36-,37-,38+/m0/s1. The molecule has 258 valence electrons. The molecular formula is C39H57N3O5. The molecule has 1 fully saturated rings. The van der Waals surface area contributed by atoms with Crippen LogP contribution in [-0.2, 0) is 32.2 Å². The Kier molecular flexibility index (Phi) is 16.8. The molecule has 0 bridgehead atoms. The number of unbranched alkanes of at least 4 members (excludes halogenated alkanes) is 1. The van der Waals surface area contributed by atoms with Crippen molar-refractivity contribution in [3.05, 3.63) is 82.2 Å². The third-order valence-corrected chi connectivity index (χ3v) is 8.82. The lowest BCUT2D eigenvalue weighted by molar-refractivity contribution is -0.151. The third-order valence-electron chi connectivity index (χ3n) is 8.82. The van der Waals surface area contributed by atoms with Gasteiger partial charge in [-0.2, -0.15) is 0 Å². The van der Waals surface area contributed by atoms with Gasteiger partial charge in [0.25, 0.3) is 0 Å². The predicted octanol–water partition coefficient (Wildman–Crippen LogP) is 9.15. The molecule has 0 aromatic heterocycles. The molecule has 0 aliphatic carbocycles. The van der Waals surface area contributed by atoms with E-state index in [1.807, 2.05) is 81.4 Å². The molecule has 0 radical (unpaired) electrons. The lowest BCUT2D eigenvalue weighted by Gasteiger charge is -2.26. The topological polar surface area (TPSA) is 106 Å². The molecule has 1 aliphatic heterocycles. The van der Waals surface area contributed by atoms with Gasteiger partial charge in [0, 0.05) is 17.8 Å². The number of ether oxygens (including phenoxy) is 4. The van der Waals surface area contributed by atoms with Crippen LogP contribution < -0.4 is 0 Å². The molecule has 2 aromatic rings. The van der Waals surface area contributed by atoms with Crippen LogP contribution in [-0.4, -0.2) is 47.5 Å². The number of benzene rings is 2. The molecule has 3 rings (SSSR count). The first-order chi connectivity index (χ1) is 22.6. The predicted molar refractivity (Wildman–Crippen MR) is 187 cm³/mol. The highest BCUT2D eigenvalue weighted by atomic mass is 16.8. The highest BCUT2D eigenvalue weighted by Crippen LogP contribution is 2.37. The highest BCUT2D eigenvalue weighted by Gasteiger charge is 2.43. The molecule has 8 nitrogen and oxygen atoms in total. The normalized spacial score (nSPS) is 21.0. The summed E-state index contributed by atoms with van der Waals surface area (Å²) in [5.41, 5.74) is 11.3. The minimum Gasteiger partial charge on any atom is -0.380 e. The SMILES string of the molecule is CCCC[C@@H](C)[C@H]1OC(C)(C)O[C@H]1C[C@@H](C)CC(O)C#CCC[C@H](C[C@H](OCc1ccccc1)[C@H](C)N=[N+]=[N-])OCc1ccccc1. The molecule has 47 heavy (non-hydrogen) atoms. The molecule has 8 atom stereocenters. The third kappa shape index (κ3) is 14.4. The molecule has 0 saturated carbocycles. The maximum Gasteiger partial charge on any atom is 0.163 e. The van der Waals surface area contributed by atoms with E-state index in [1.54, 1.807) is 0 Å². The van der Waals surface area contributed by atoms with E-state index in [-0.39, 0.29) is 36.4 Å². The van der Waals surface area contributed by atoms with Crippen LogP contribution in [0, 0.1) is 23.7 Å². The van der Waals surface area contributed by atoms with E-state index < -0.39 is 11.9 Å². The summed E-state index contributed by atoms with van der Waals surface area (Å²) in [5.74, 6) is 6.34. The van der Waals surface area contributed by atoms with Crippen LogP contribution in [0.4, 0.5) is 0 Å². The Balaban J connectivity index is 1.58. The second kappa shape index (κ2) is 20.5. The summed E-state index contributed by atoms with van der Waals surface area (Å²) < 4.78 is 25.3. The van der Waals surface area contributed by atoms with Crippen molar-refractivity contribution in [3.63, 3.8) is 0 Å². The second-order valence-electron chi connectivity index (χ2n) is 13.6. The second-order valence-corrected chi connectivity index (χ2v) is 13.6. The van der Waals surface area contributed by atoms with E-state index in [4.69, 9.17) is 24.5 Å². The van der Waals surface area contributed by atoms with Crippen molar-refractivity contribution in [2.75, 3.05) is 0 Å². The zero-order chi connectivity index (χ0) is 34.1. The Bertz CT molecular complexity index is 1260. The molecule has 1 saturated heterocycles. The number of rotatable bonds is 20. The van der Waals surface area contributed by atoms with Gasteiger partial charge in [0.15, 0.2) is 5.79 Å². The van der Waals surface area contributed by atoms with Crippen LogP contribution in [0.1, 0.15) is 104 Å². The average Bonchev–Trinajstić information content (AvgIpc) is 3.36. The summed E-state index contributed by atoms with van der Waals surface area (Å²) in [5, 5.41) is 14.8. The van der Waals surface area contributed by atoms with Crippen molar-refractivity contribution in [2.45, 2.75) is 148 Å². The van der Waals surface area contributed by atoms with Crippen molar-refractivity contribution in [2.24, 2.45) is 17.0 Å². The number of nitrogens with zero attached hydrogens (tertiary/aromatic N) is 3. The van der Waals surface area contributed by atoms with E-state index in [2.05, 4.69) is 42.6 Å². The van der Waals surface area contributed by atoms with Gasteiger partial charge in [-0.15, -0.1) is 5.92 Å². The first-order valence-electron chi connectivity index (χ1n) is 17.5. The van der Waals surface area contributed by atoms with Crippen LogP contribution in [0.2, 0.25) is 0 Å². The molecule has 1 heterocycles. The Labute approximate surface area is 283 Å². The van der Waals surface area contributed by atoms with Crippen LogP contribution in [0.25, 0.3) is 10.4 Å². The maximum absolute atomic E-state index is 10.8. The molecular weight excluding hydrogens is 590 g/mol. The van der Waals surface area contributed by atoms with Crippen LogP contribution in [0.15, 0.2) is 65.8 Å². The van der Waals surface area contributed by atoms with Crippen molar-refractivity contribution < 1.29 is 24.1 Å². The van der Waals surface area contributed by atoms with Crippen LogP contribution >= 0.6 is 0 Å². The number of aliphatic hydroxyl groups excluding tert-OH is 1. The van der Waals surface area contributed by atoms with E-state index in [1.165, 1.54) is 12.8 Å². The van der Waals surface area contributed by atoms with Gasteiger partial charge in [-0.05, 0) is 68.0 Å². The minimum atomic E-state index is -0.716. The average molecular weight is 648 g/mol. The Morgan fingerprint density at radius 1 is 0.936 bits per heavy atom.